The second-order valence-corrected chi connectivity index (χ2v) is 27.6. The van der Waals surface area contributed by atoms with Crippen molar-refractivity contribution in [1.29, 1.82) is 0 Å². The summed E-state index contributed by atoms with van der Waals surface area (Å²) < 4.78 is 83.7. The third-order valence-corrected chi connectivity index (χ3v) is 17.3. The zero-order valence-corrected chi connectivity index (χ0v) is 53.8. The Balaban J connectivity index is 1.02. The van der Waals surface area contributed by atoms with E-state index >= 15 is 8.63 Å². The number of halogens is 2. The number of fused-ring (bicyclic) bond motifs is 2. The molecular formula is C59H85BF2N9O14S3+. The quantitative estimate of drug-likeness (QED) is 0.00932. The first-order valence-corrected chi connectivity index (χ1v) is 33.2. The number of aromatic nitrogens is 1. The number of hydroxylamine groups is 2. The van der Waals surface area contributed by atoms with Crippen LogP contribution in [0.15, 0.2) is 65.2 Å². The Morgan fingerprint density at radius 3 is 2.24 bits per heavy atom. The van der Waals surface area contributed by atoms with Crippen LogP contribution in [0.1, 0.15) is 117 Å². The van der Waals surface area contributed by atoms with Gasteiger partial charge in [0.2, 0.25) is 17.7 Å². The van der Waals surface area contributed by atoms with Crippen LogP contribution in [0.4, 0.5) is 8.63 Å². The van der Waals surface area contributed by atoms with Gasteiger partial charge in [0.25, 0.3) is 11.8 Å². The summed E-state index contributed by atoms with van der Waals surface area (Å²) >= 11 is 1.88. The van der Waals surface area contributed by atoms with Gasteiger partial charge in [-0.1, -0.05) is 24.3 Å². The first kappa shape index (κ1) is 70.9. The van der Waals surface area contributed by atoms with Gasteiger partial charge in [-0.05, 0) is 111 Å². The zero-order chi connectivity index (χ0) is 64.2. The number of imide groups is 1. The Morgan fingerprint density at radius 2 is 1.57 bits per heavy atom. The number of rotatable bonds is 39. The second-order valence-electron chi connectivity index (χ2n) is 24.4. The minimum absolute atomic E-state index is 0.0260. The largest absolute Gasteiger partial charge is 0.748 e. The van der Waals surface area contributed by atoms with Crippen LogP contribution in [0.3, 0.4) is 0 Å². The van der Waals surface area contributed by atoms with Crippen molar-refractivity contribution in [1.82, 2.24) is 25.5 Å². The lowest BCUT2D eigenvalue weighted by Crippen LogP contribution is -3.09. The number of quaternary nitrogens is 3. The molecule has 3 aromatic rings. The number of thiophene rings is 1. The monoisotopic (exact) mass is 1290 g/mol. The maximum Gasteiger partial charge on any atom is 0.737 e. The van der Waals surface area contributed by atoms with Crippen molar-refractivity contribution in [2.45, 2.75) is 108 Å². The molecule has 3 aliphatic rings. The number of carbonyl (C=O) groups excluding carboxylic acids is 6. The molecule has 23 nitrogen and oxygen atoms in total. The number of likely N-dealkylation sites (N-methyl/N-ethyl adjacent to an activating group) is 1. The highest BCUT2D eigenvalue weighted by Crippen LogP contribution is 2.41. The number of carbonyl (C=O) groups is 6. The smallest absolute Gasteiger partial charge is 0.737 e. The van der Waals surface area contributed by atoms with Crippen molar-refractivity contribution in [3.63, 3.8) is 0 Å². The summed E-state index contributed by atoms with van der Waals surface area (Å²) in [4.78, 5) is 83.1. The lowest BCUT2D eigenvalue weighted by atomic mass is 9.88. The van der Waals surface area contributed by atoms with E-state index < -0.39 is 70.4 Å². The van der Waals surface area contributed by atoms with Crippen LogP contribution in [0.25, 0.3) is 18.2 Å². The van der Waals surface area contributed by atoms with E-state index in [0.29, 0.717) is 104 Å². The van der Waals surface area contributed by atoms with E-state index in [9.17, 15) is 47.0 Å². The van der Waals surface area contributed by atoms with Crippen LogP contribution in [-0.2, 0) is 59.5 Å². The van der Waals surface area contributed by atoms with Crippen LogP contribution >= 0.6 is 23.4 Å². The lowest BCUT2D eigenvalue weighted by molar-refractivity contribution is -0.878. The molecule has 29 heteroatoms. The number of aryl methyl sites for hydroxylation is 1. The third kappa shape index (κ3) is 22.4. The fraction of sp³-hybridized carbons (Fsp3) is 0.542. The molecular weight excluding hydrogens is 1200 g/mol. The molecule has 1 saturated heterocycles. The molecule has 4 N–H and O–H groups in total. The molecule has 0 spiro atoms. The van der Waals surface area contributed by atoms with Crippen molar-refractivity contribution in [2.24, 2.45) is 0 Å². The first-order valence-electron chi connectivity index (χ1n) is 29.8. The molecule has 0 saturated carbocycles. The number of nitrogens with one attached hydrogen (secondary N) is 4. The van der Waals surface area contributed by atoms with Gasteiger partial charge in [0.15, 0.2) is 11.4 Å². The molecule has 1 fully saturated rings. The number of allylic oxidation sites excluding steroid dienone is 2. The van der Waals surface area contributed by atoms with Gasteiger partial charge in [-0.25, -0.2) is 13.2 Å². The average Bonchev–Trinajstić information content (AvgIpc) is 1.65. The van der Waals surface area contributed by atoms with Gasteiger partial charge in [0.05, 0.1) is 109 Å². The number of ether oxygens (including phenoxy) is 1. The van der Waals surface area contributed by atoms with E-state index in [0.717, 1.165) is 58.3 Å². The molecule has 1 aromatic carbocycles. The van der Waals surface area contributed by atoms with Gasteiger partial charge in [-0.3, -0.25) is 29.0 Å². The molecule has 88 heavy (non-hydrogen) atoms. The molecule has 6 rings (SSSR count). The average molecular weight is 1290 g/mol. The molecule has 2 aromatic heterocycles. The summed E-state index contributed by atoms with van der Waals surface area (Å²) in [5, 5.41) is 24.9. The Kier molecular flexibility index (Phi) is 26.7. The van der Waals surface area contributed by atoms with E-state index in [2.05, 4.69) is 67.6 Å². The molecule has 0 radical (unpaired) electrons. The maximum atomic E-state index is 17.5. The van der Waals surface area contributed by atoms with Crippen LogP contribution in [0.2, 0.25) is 0 Å². The number of hydrogen-bond donors (Lipinski definition) is 4. The van der Waals surface area contributed by atoms with Gasteiger partial charge in [0.1, 0.15) is 17.8 Å². The minimum atomic E-state index is -4.54. The van der Waals surface area contributed by atoms with E-state index in [4.69, 9.17) is 9.57 Å². The normalized spacial score (nSPS) is 16.1. The Bertz CT molecular complexity index is 3130. The summed E-state index contributed by atoms with van der Waals surface area (Å²) in [6.07, 6.45) is 12.2. The molecule has 3 aliphatic heterocycles. The van der Waals surface area contributed by atoms with E-state index in [1.54, 1.807) is 48.6 Å². The highest BCUT2D eigenvalue weighted by molar-refractivity contribution is 7.94. The van der Waals surface area contributed by atoms with Crippen LogP contribution < -0.4 is 30.8 Å². The third-order valence-electron chi connectivity index (χ3n) is 15.0. The fourth-order valence-electron chi connectivity index (χ4n) is 10.4. The summed E-state index contributed by atoms with van der Waals surface area (Å²) in [7, 11) is 9.83. The van der Waals surface area contributed by atoms with E-state index in [1.807, 2.05) is 30.6 Å². The maximum absolute atomic E-state index is 17.5. The molecule has 0 aliphatic carbocycles. The molecule has 3 atom stereocenters. The van der Waals surface area contributed by atoms with Gasteiger partial charge in [0, 0.05) is 79.0 Å². The fourth-order valence-corrected chi connectivity index (χ4v) is 12.1. The minimum Gasteiger partial charge on any atom is -0.748 e. The topological polar surface area (TPSA) is 271 Å². The lowest BCUT2D eigenvalue weighted by Gasteiger charge is -2.31. The van der Waals surface area contributed by atoms with Crippen molar-refractivity contribution >= 4 is 99.9 Å². The van der Waals surface area contributed by atoms with E-state index in [-0.39, 0.29) is 68.7 Å². The first-order chi connectivity index (χ1) is 41.6. The predicted molar refractivity (Wildman–Crippen MR) is 328 cm³/mol. The summed E-state index contributed by atoms with van der Waals surface area (Å²) in [6, 6.07) is 9.96. The summed E-state index contributed by atoms with van der Waals surface area (Å²) in [6.45, 7) is -1.13. The van der Waals surface area contributed by atoms with Gasteiger partial charge >= 0.3 is 12.9 Å². The van der Waals surface area contributed by atoms with E-state index in [1.165, 1.54) is 11.3 Å². The molecule has 484 valence electrons. The van der Waals surface area contributed by atoms with Gasteiger partial charge in [-0.15, -0.1) is 16.4 Å². The molecule has 5 heterocycles. The van der Waals surface area contributed by atoms with Crippen LogP contribution in [0, 0.1) is 0 Å². The second kappa shape index (κ2) is 33.1. The predicted octanol–water partition coefficient (Wildman–Crippen LogP) is 3.38. The highest BCUT2D eigenvalue weighted by atomic mass is 32.2. The van der Waals surface area contributed by atoms with Gasteiger partial charge < -0.3 is 66.8 Å². The zero-order valence-electron chi connectivity index (χ0n) is 51.4. The standard InChI is InChI=1S/C59H84BF2N9O14S3/c1-66(32-11-8-9-22-57(75)83-69-55(73)29-30-56(69)74)33-31-63-58(76)48(19-10-12-34-70(2,3)4)65-59(77)49(42-87-85-84-78)64-54(72)21-14-36-82-47-27-24-43(25-28-47)23-26-46-39-44(18-16-38-88(79,80)81)50-41-51-45(17-13-35-71(5,6)7)40-52(53-20-15-37-86-53)68(51)60(61,62)67(46)50/h15,20,23-28,37,39-41,48-49H,8-14,16-19,21-22,29-36,38,42H2,1-7H3,(H3-2,63,64,65,72,76,77,78,79,80,81)/p+1/b26-23+. The molecule has 3 unspecified atom stereocenters. The van der Waals surface area contributed by atoms with Crippen molar-refractivity contribution < 1.29 is 92.9 Å². The summed E-state index contributed by atoms with van der Waals surface area (Å²) in [5.74, 6) is -3.68. The van der Waals surface area contributed by atoms with Crippen LogP contribution in [0.5, 0.6) is 5.75 Å². The Hall–Kier alpha value is -6.15. The van der Waals surface area contributed by atoms with Crippen molar-refractivity contribution in [3.8, 4) is 5.75 Å². The number of benzene rings is 1. The Morgan fingerprint density at radius 1 is 0.852 bits per heavy atom. The van der Waals surface area contributed by atoms with Crippen molar-refractivity contribution in [3.05, 3.63) is 92.6 Å². The molecule has 5 amide bonds. The van der Waals surface area contributed by atoms with Crippen LogP contribution in [-0.4, -0.2) is 196 Å². The highest BCUT2D eigenvalue weighted by Gasteiger charge is 2.54. The molecule has 0 bridgehead atoms. The van der Waals surface area contributed by atoms with Gasteiger partial charge in [-0.2, -0.15) is 4.33 Å². The number of nitrogens with zero attached hydrogens (tertiary/aromatic N) is 5. The number of unbranched alkanes of at least 4 members (excludes halogenated alkanes) is 3. The summed E-state index contributed by atoms with van der Waals surface area (Å²) in [5.41, 5.74) is 3.20. The van der Waals surface area contributed by atoms with Crippen molar-refractivity contribution in [2.75, 3.05) is 100 Å². The SMILES string of the molecule is C[NH+](CCCCCC(=O)ON1C(=O)CCC1=O)CCNC(=O)C(CCCC[N+](C)(C)C)NC(=O)C(CSOO[O-])NC(=O)CCCOc1ccc(/C=C/c2cc(CCCS(=O)(=O)[O-])c3n2[B-](F)(F)[N+]2=C(c4cccs4)C=C(CCC[N+](C)(C)C)C2=C3)cc1. The Labute approximate surface area is 522 Å². The number of amides is 5. The number of hydrogen-bond acceptors (Lipinski definition) is 16.